The van der Waals surface area contributed by atoms with Crippen molar-refractivity contribution >= 4 is 17.3 Å². The maximum atomic E-state index is 5.29. The lowest BCUT2D eigenvalue weighted by Crippen LogP contribution is -2.02. The molecule has 0 fully saturated rings. The molecular formula is C9H10OS. The number of thiocarbonyl (C=S) groups is 1. The fraction of sp³-hybridized carbons (Fsp3) is 0.222. The molecule has 0 saturated carbocycles. The summed E-state index contributed by atoms with van der Waals surface area (Å²) in [6, 6.07) is 9.58. The molecule has 0 aliphatic carbocycles. The van der Waals surface area contributed by atoms with E-state index in [0.29, 0.717) is 5.05 Å². The van der Waals surface area contributed by atoms with Gasteiger partial charge in [0.1, 0.15) is 5.75 Å². The van der Waals surface area contributed by atoms with Crippen molar-refractivity contribution in [1.29, 1.82) is 0 Å². The van der Waals surface area contributed by atoms with Crippen LogP contribution in [0.15, 0.2) is 30.3 Å². The van der Waals surface area contributed by atoms with Gasteiger partial charge in [0.15, 0.2) is 5.05 Å². The normalized spacial score (nSPS) is 9.18. The highest BCUT2D eigenvalue weighted by Gasteiger charge is 1.94. The van der Waals surface area contributed by atoms with E-state index in [0.717, 1.165) is 12.2 Å². The summed E-state index contributed by atoms with van der Waals surface area (Å²) >= 11 is 4.92. The van der Waals surface area contributed by atoms with Crippen LogP contribution in [0.2, 0.25) is 0 Å². The van der Waals surface area contributed by atoms with Crippen LogP contribution in [0, 0.1) is 0 Å². The molecule has 0 bridgehead atoms. The first-order valence-corrected chi connectivity index (χ1v) is 3.99. The van der Waals surface area contributed by atoms with Gasteiger partial charge < -0.3 is 4.74 Å². The van der Waals surface area contributed by atoms with Crippen LogP contribution in [0.3, 0.4) is 0 Å². The Labute approximate surface area is 72.0 Å². The quantitative estimate of drug-likeness (QED) is 0.625. The van der Waals surface area contributed by atoms with Crippen LogP contribution in [0.4, 0.5) is 0 Å². The summed E-state index contributed by atoms with van der Waals surface area (Å²) in [7, 11) is 0. The van der Waals surface area contributed by atoms with E-state index >= 15 is 0 Å². The molecular weight excluding hydrogens is 156 g/mol. The number of ether oxygens (including phenoxy) is 1. The first-order valence-electron chi connectivity index (χ1n) is 3.58. The largest absolute Gasteiger partial charge is 0.450 e. The topological polar surface area (TPSA) is 9.23 Å². The van der Waals surface area contributed by atoms with E-state index in [-0.39, 0.29) is 0 Å². The Morgan fingerprint density at radius 3 is 2.55 bits per heavy atom. The molecule has 1 aromatic rings. The van der Waals surface area contributed by atoms with Crippen molar-refractivity contribution in [3.63, 3.8) is 0 Å². The highest BCUT2D eigenvalue weighted by molar-refractivity contribution is 7.80. The molecule has 0 amide bonds. The van der Waals surface area contributed by atoms with Crippen LogP contribution in [-0.4, -0.2) is 5.05 Å². The molecule has 11 heavy (non-hydrogen) atoms. The first kappa shape index (κ1) is 8.21. The lowest BCUT2D eigenvalue weighted by atomic mass is 10.3. The third-order valence-electron chi connectivity index (χ3n) is 1.26. The van der Waals surface area contributed by atoms with Gasteiger partial charge in [-0.2, -0.15) is 0 Å². The molecule has 1 aromatic carbocycles. The molecule has 0 aliphatic rings. The Morgan fingerprint density at radius 2 is 2.00 bits per heavy atom. The van der Waals surface area contributed by atoms with E-state index in [1.165, 1.54) is 0 Å². The predicted molar refractivity (Wildman–Crippen MR) is 50.0 cm³/mol. The van der Waals surface area contributed by atoms with E-state index in [1.54, 1.807) is 0 Å². The SMILES string of the molecule is CCC(=S)Oc1ccccc1. The predicted octanol–water partition coefficient (Wildman–Crippen LogP) is 2.80. The molecule has 58 valence electrons. The lowest BCUT2D eigenvalue weighted by molar-refractivity contribution is 0.551. The molecule has 2 heteroatoms. The fourth-order valence-corrected chi connectivity index (χ4v) is 0.788. The Balaban J connectivity index is 2.58. The van der Waals surface area contributed by atoms with E-state index in [2.05, 4.69) is 0 Å². The van der Waals surface area contributed by atoms with Crippen LogP contribution >= 0.6 is 12.2 Å². The molecule has 0 aromatic heterocycles. The van der Waals surface area contributed by atoms with Crippen molar-refractivity contribution in [2.24, 2.45) is 0 Å². The molecule has 0 unspecified atom stereocenters. The molecule has 0 heterocycles. The second-order valence-electron chi connectivity index (χ2n) is 2.14. The molecule has 0 spiro atoms. The Kier molecular flexibility index (Phi) is 3.05. The third-order valence-corrected chi connectivity index (χ3v) is 1.64. The molecule has 0 aliphatic heterocycles. The van der Waals surface area contributed by atoms with Crippen LogP contribution in [0.1, 0.15) is 13.3 Å². The van der Waals surface area contributed by atoms with Crippen molar-refractivity contribution in [3.05, 3.63) is 30.3 Å². The summed E-state index contributed by atoms with van der Waals surface area (Å²) in [4.78, 5) is 0. The summed E-state index contributed by atoms with van der Waals surface area (Å²) in [6.07, 6.45) is 0.782. The fourth-order valence-electron chi connectivity index (χ4n) is 0.692. The maximum absolute atomic E-state index is 5.29. The van der Waals surface area contributed by atoms with Gasteiger partial charge in [0, 0.05) is 6.42 Å². The van der Waals surface area contributed by atoms with Gasteiger partial charge >= 0.3 is 0 Å². The standard InChI is InChI=1S/C9H10OS/c1-2-9(11)10-8-6-4-3-5-7-8/h3-7H,2H2,1H3. The Bertz CT molecular complexity index is 231. The zero-order valence-corrected chi connectivity index (χ0v) is 7.23. The summed E-state index contributed by atoms with van der Waals surface area (Å²) < 4.78 is 5.29. The van der Waals surface area contributed by atoms with Gasteiger partial charge in [0.05, 0.1) is 0 Å². The van der Waals surface area contributed by atoms with Gasteiger partial charge in [-0.3, -0.25) is 0 Å². The second kappa shape index (κ2) is 4.09. The third kappa shape index (κ3) is 2.68. The number of para-hydroxylation sites is 1. The second-order valence-corrected chi connectivity index (χ2v) is 2.60. The summed E-state index contributed by atoms with van der Waals surface area (Å²) in [5.74, 6) is 0.819. The minimum Gasteiger partial charge on any atom is -0.450 e. The Morgan fingerprint density at radius 1 is 1.36 bits per heavy atom. The molecule has 0 N–H and O–H groups in total. The minimum atomic E-state index is 0.635. The van der Waals surface area contributed by atoms with E-state index in [4.69, 9.17) is 17.0 Å². The van der Waals surface area contributed by atoms with E-state index in [1.807, 2.05) is 37.3 Å². The average Bonchev–Trinajstić information content (AvgIpc) is 2.06. The molecule has 1 rings (SSSR count). The van der Waals surface area contributed by atoms with Crippen LogP contribution in [-0.2, 0) is 0 Å². The molecule has 1 nitrogen and oxygen atoms in total. The highest BCUT2D eigenvalue weighted by atomic mass is 32.1. The van der Waals surface area contributed by atoms with Crippen molar-refractivity contribution in [1.82, 2.24) is 0 Å². The monoisotopic (exact) mass is 166 g/mol. The van der Waals surface area contributed by atoms with Gasteiger partial charge in [0.2, 0.25) is 0 Å². The minimum absolute atomic E-state index is 0.635. The van der Waals surface area contributed by atoms with Crippen molar-refractivity contribution in [2.45, 2.75) is 13.3 Å². The van der Waals surface area contributed by atoms with Gasteiger partial charge in [-0.15, -0.1) is 0 Å². The summed E-state index contributed by atoms with van der Waals surface area (Å²) in [5.41, 5.74) is 0. The highest BCUT2D eigenvalue weighted by Crippen LogP contribution is 2.09. The van der Waals surface area contributed by atoms with Crippen LogP contribution < -0.4 is 4.74 Å². The van der Waals surface area contributed by atoms with E-state index in [9.17, 15) is 0 Å². The molecule has 0 saturated heterocycles. The number of hydrogen-bond donors (Lipinski definition) is 0. The number of benzene rings is 1. The maximum Gasteiger partial charge on any atom is 0.167 e. The van der Waals surface area contributed by atoms with E-state index < -0.39 is 0 Å². The first-order chi connectivity index (χ1) is 5.33. The van der Waals surface area contributed by atoms with Gasteiger partial charge in [-0.05, 0) is 24.4 Å². The van der Waals surface area contributed by atoms with Crippen molar-refractivity contribution < 1.29 is 4.74 Å². The zero-order chi connectivity index (χ0) is 8.10. The zero-order valence-electron chi connectivity index (χ0n) is 6.41. The smallest absolute Gasteiger partial charge is 0.167 e. The van der Waals surface area contributed by atoms with Crippen LogP contribution in [0.25, 0.3) is 0 Å². The van der Waals surface area contributed by atoms with Crippen molar-refractivity contribution in [2.75, 3.05) is 0 Å². The average molecular weight is 166 g/mol. The number of rotatable bonds is 2. The van der Waals surface area contributed by atoms with Gasteiger partial charge in [-0.25, -0.2) is 0 Å². The van der Waals surface area contributed by atoms with Gasteiger partial charge in [0.25, 0.3) is 0 Å². The molecule has 0 atom stereocenters. The van der Waals surface area contributed by atoms with Gasteiger partial charge in [-0.1, -0.05) is 25.1 Å². The van der Waals surface area contributed by atoms with Crippen LogP contribution in [0.5, 0.6) is 5.75 Å². The van der Waals surface area contributed by atoms with Crippen molar-refractivity contribution in [3.8, 4) is 5.75 Å². The lowest BCUT2D eigenvalue weighted by Gasteiger charge is -2.02. The number of hydrogen-bond acceptors (Lipinski definition) is 2. The Hall–Kier alpha value is -0.890. The summed E-state index contributed by atoms with van der Waals surface area (Å²) in [6.45, 7) is 1.98. The summed E-state index contributed by atoms with van der Waals surface area (Å²) in [5, 5.41) is 0.635. The molecule has 0 radical (unpaired) electrons.